The summed E-state index contributed by atoms with van der Waals surface area (Å²) in [5.74, 6) is 0. The summed E-state index contributed by atoms with van der Waals surface area (Å²) in [6, 6.07) is 5.66. The van der Waals surface area contributed by atoms with Gasteiger partial charge in [0.1, 0.15) is 11.7 Å². The van der Waals surface area contributed by atoms with Gasteiger partial charge in [0.15, 0.2) is 0 Å². The molecule has 2 heterocycles. The van der Waals surface area contributed by atoms with Gasteiger partial charge in [0.25, 0.3) is 0 Å². The van der Waals surface area contributed by atoms with Crippen molar-refractivity contribution in [2.45, 2.75) is 19.6 Å². The highest BCUT2D eigenvalue weighted by molar-refractivity contribution is 5.44. The van der Waals surface area contributed by atoms with Crippen LogP contribution in [-0.2, 0) is 6.54 Å². The molecule has 2 rings (SSSR count). The number of pyridine rings is 1. The first-order valence-electron chi connectivity index (χ1n) is 5.45. The molecular formula is C12H14N4O. The Balaban J connectivity index is 2.20. The lowest BCUT2D eigenvalue weighted by molar-refractivity contribution is 0.191. The summed E-state index contributed by atoms with van der Waals surface area (Å²) >= 11 is 0. The Hall–Kier alpha value is -1.90. The van der Waals surface area contributed by atoms with E-state index in [1.54, 1.807) is 25.4 Å². The van der Waals surface area contributed by atoms with Crippen LogP contribution in [0.5, 0.6) is 0 Å². The van der Waals surface area contributed by atoms with Crippen molar-refractivity contribution in [1.82, 2.24) is 14.7 Å². The standard InChI is InChI=1S/C12H14N4O/c1-9(17)5-14-6-11-7-15-12-3-2-10(4-13)8-16(11)12/h2-3,7-9,14,17H,5-6H2,1H3. The normalized spacial score (nSPS) is 12.5. The second-order valence-corrected chi connectivity index (χ2v) is 3.99. The topological polar surface area (TPSA) is 73.3 Å². The van der Waals surface area contributed by atoms with Crippen LogP contribution in [0, 0.1) is 11.3 Å². The Morgan fingerprint density at radius 3 is 3.12 bits per heavy atom. The molecule has 0 aliphatic heterocycles. The molecule has 0 bridgehead atoms. The van der Waals surface area contributed by atoms with Gasteiger partial charge in [0.2, 0.25) is 0 Å². The summed E-state index contributed by atoms with van der Waals surface area (Å²) in [4.78, 5) is 4.24. The molecule has 0 fully saturated rings. The van der Waals surface area contributed by atoms with Crippen molar-refractivity contribution in [1.29, 1.82) is 5.26 Å². The molecule has 2 N–H and O–H groups in total. The monoisotopic (exact) mass is 230 g/mol. The van der Waals surface area contributed by atoms with E-state index in [1.807, 2.05) is 10.5 Å². The molecule has 88 valence electrons. The molecule has 0 saturated carbocycles. The minimum atomic E-state index is -0.371. The number of nitrogens with one attached hydrogen (secondary N) is 1. The first-order chi connectivity index (χ1) is 8.20. The number of aromatic nitrogens is 2. The Bertz CT molecular complexity index is 553. The van der Waals surface area contributed by atoms with Gasteiger partial charge in [-0.05, 0) is 19.1 Å². The van der Waals surface area contributed by atoms with Gasteiger partial charge in [-0.25, -0.2) is 4.98 Å². The van der Waals surface area contributed by atoms with E-state index in [-0.39, 0.29) is 6.10 Å². The maximum Gasteiger partial charge on any atom is 0.137 e. The molecule has 5 heteroatoms. The summed E-state index contributed by atoms with van der Waals surface area (Å²) in [5, 5.41) is 21.1. The van der Waals surface area contributed by atoms with Crippen LogP contribution in [-0.4, -0.2) is 27.1 Å². The van der Waals surface area contributed by atoms with Gasteiger partial charge in [-0.15, -0.1) is 0 Å². The zero-order valence-corrected chi connectivity index (χ0v) is 9.59. The van der Waals surface area contributed by atoms with Crippen LogP contribution in [0.2, 0.25) is 0 Å². The van der Waals surface area contributed by atoms with Gasteiger partial charge in [-0.2, -0.15) is 5.26 Å². The van der Waals surface area contributed by atoms with Crippen LogP contribution < -0.4 is 5.32 Å². The van der Waals surface area contributed by atoms with E-state index < -0.39 is 0 Å². The second-order valence-electron chi connectivity index (χ2n) is 3.99. The van der Waals surface area contributed by atoms with Crippen LogP contribution in [0.15, 0.2) is 24.5 Å². The Morgan fingerprint density at radius 2 is 2.41 bits per heavy atom. The zero-order chi connectivity index (χ0) is 12.3. The quantitative estimate of drug-likeness (QED) is 0.810. The molecular weight excluding hydrogens is 216 g/mol. The van der Waals surface area contributed by atoms with Crippen LogP contribution in [0.1, 0.15) is 18.2 Å². The molecule has 0 spiro atoms. The van der Waals surface area contributed by atoms with Gasteiger partial charge in [-0.3, -0.25) is 0 Å². The molecule has 17 heavy (non-hydrogen) atoms. The molecule has 0 aliphatic rings. The molecule has 0 aliphatic carbocycles. The molecule has 0 radical (unpaired) electrons. The lowest BCUT2D eigenvalue weighted by atomic mass is 10.3. The van der Waals surface area contributed by atoms with Crippen molar-refractivity contribution in [3.05, 3.63) is 35.8 Å². The van der Waals surface area contributed by atoms with Crippen LogP contribution >= 0.6 is 0 Å². The highest BCUT2D eigenvalue weighted by atomic mass is 16.3. The number of imidazole rings is 1. The van der Waals surface area contributed by atoms with Gasteiger partial charge >= 0.3 is 0 Å². The number of rotatable bonds is 4. The Kier molecular flexibility index (Phi) is 3.38. The number of fused-ring (bicyclic) bond motifs is 1. The van der Waals surface area contributed by atoms with E-state index in [2.05, 4.69) is 16.4 Å². The van der Waals surface area contributed by atoms with E-state index in [4.69, 9.17) is 10.4 Å². The highest BCUT2D eigenvalue weighted by Gasteiger charge is 2.04. The van der Waals surface area contributed by atoms with Gasteiger partial charge < -0.3 is 14.8 Å². The third-order valence-electron chi connectivity index (χ3n) is 2.46. The number of nitrogens with zero attached hydrogens (tertiary/aromatic N) is 3. The smallest absolute Gasteiger partial charge is 0.137 e. The fourth-order valence-corrected chi connectivity index (χ4v) is 1.64. The van der Waals surface area contributed by atoms with E-state index in [0.29, 0.717) is 18.7 Å². The van der Waals surface area contributed by atoms with Crippen molar-refractivity contribution < 1.29 is 5.11 Å². The maximum absolute atomic E-state index is 9.15. The average Bonchev–Trinajstić information content (AvgIpc) is 2.71. The predicted octanol–water partition coefficient (Wildman–Crippen LogP) is 0.676. The fourth-order valence-electron chi connectivity index (χ4n) is 1.64. The molecule has 0 saturated heterocycles. The van der Waals surface area contributed by atoms with Gasteiger partial charge in [0.05, 0.1) is 23.6 Å². The molecule has 2 aromatic heterocycles. The summed E-state index contributed by atoms with van der Waals surface area (Å²) in [6.07, 6.45) is 3.16. The minimum Gasteiger partial charge on any atom is -0.392 e. The number of hydrogen-bond acceptors (Lipinski definition) is 4. The van der Waals surface area contributed by atoms with Crippen LogP contribution in [0.25, 0.3) is 5.65 Å². The van der Waals surface area contributed by atoms with Gasteiger partial charge in [-0.1, -0.05) is 0 Å². The lowest BCUT2D eigenvalue weighted by Gasteiger charge is -2.06. The minimum absolute atomic E-state index is 0.371. The first kappa shape index (κ1) is 11.6. The summed E-state index contributed by atoms with van der Waals surface area (Å²) in [5.41, 5.74) is 2.39. The van der Waals surface area contributed by atoms with Gasteiger partial charge in [0, 0.05) is 19.3 Å². The molecule has 0 amide bonds. The lowest BCUT2D eigenvalue weighted by Crippen LogP contribution is -2.24. The average molecular weight is 230 g/mol. The summed E-state index contributed by atoms with van der Waals surface area (Å²) in [7, 11) is 0. The largest absolute Gasteiger partial charge is 0.392 e. The Labute approximate surface area is 99.3 Å². The maximum atomic E-state index is 9.15. The van der Waals surface area contributed by atoms with E-state index >= 15 is 0 Å². The van der Waals surface area contributed by atoms with E-state index in [0.717, 1.165) is 11.3 Å². The van der Waals surface area contributed by atoms with Crippen molar-refractivity contribution >= 4 is 5.65 Å². The second kappa shape index (κ2) is 4.95. The molecule has 5 nitrogen and oxygen atoms in total. The number of hydrogen-bond donors (Lipinski definition) is 2. The fraction of sp³-hybridized carbons (Fsp3) is 0.333. The number of nitriles is 1. The molecule has 0 aromatic carbocycles. The van der Waals surface area contributed by atoms with Crippen molar-refractivity contribution in [2.75, 3.05) is 6.54 Å². The van der Waals surface area contributed by atoms with E-state index in [1.165, 1.54) is 0 Å². The third-order valence-corrected chi connectivity index (χ3v) is 2.46. The SMILES string of the molecule is CC(O)CNCc1cnc2ccc(C#N)cn12. The van der Waals surface area contributed by atoms with Crippen LogP contribution in [0.3, 0.4) is 0 Å². The molecule has 1 unspecified atom stereocenters. The van der Waals surface area contributed by atoms with E-state index in [9.17, 15) is 0 Å². The summed E-state index contributed by atoms with van der Waals surface area (Å²) in [6.45, 7) is 2.88. The molecule has 2 aromatic rings. The van der Waals surface area contributed by atoms with Crippen LogP contribution in [0.4, 0.5) is 0 Å². The van der Waals surface area contributed by atoms with Crippen molar-refractivity contribution in [3.8, 4) is 6.07 Å². The third kappa shape index (κ3) is 2.61. The highest BCUT2D eigenvalue weighted by Crippen LogP contribution is 2.08. The van der Waals surface area contributed by atoms with Crippen molar-refractivity contribution in [2.24, 2.45) is 0 Å². The molecule has 1 atom stereocenters. The van der Waals surface area contributed by atoms with Crippen molar-refractivity contribution in [3.63, 3.8) is 0 Å². The number of aliphatic hydroxyl groups is 1. The summed E-state index contributed by atoms with van der Waals surface area (Å²) < 4.78 is 1.88. The number of aliphatic hydroxyl groups excluding tert-OH is 1. The first-order valence-corrected chi connectivity index (χ1v) is 5.45. The Morgan fingerprint density at radius 1 is 1.59 bits per heavy atom. The zero-order valence-electron chi connectivity index (χ0n) is 9.59. The predicted molar refractivity (Wildman–Crippen MR) is 63.3 cm³/mol.